The van der Waals surface area contributed by atoms with Gasteiger partial charge in [-0.15, -0.1) is 0 Å². The van der Waals surface area contributed by atoms with E-state index in [2.05, 4.69) is 52.0 Å². The molecule has 0 saturated heterocycles. The van der Waals surface area contributed by atoms with Gasteiger partial charge in [0.1, 0.15) is 0 Å². The van der Waals surface area contributed by atoms with E-state index in [1.54, 1.807) is 0 Å². The number of aryl methyl sites for hydroxylation is 4. The lowest BCUT2D eigenvalue weighted by Crippen LogP contribution is -2.04. The van der Waals surface area contributed by atoms with Crippen LogP contribution in [0.1, 0.15) is 61.1 Å². The molecule has 0 aliphatic heterocycles. The Hall–Kier alpha value is -3.92. The van der Waals surface area contributed by atoms with E-state index in [4.69, 9.17) is 22.9 Å². The second-order valence-corrected chi connectivity index (χ2v) is 9.07. The molecule has 4 nitrogen and oxygen atoms in total. The van der Waals surface area contributed by atoms with Crippen LogP contribution < -0.4 is 22.9 Å². The monoisotopic (exact) mass is 496 g/mol. The summed E-state index contributed by atoms with van der Waals surface area (Å²) in [4.78, 5) is 0. The maximum Gasteiger partial charge on any atom is 0.0379 e. The van der Waals surface area contributed by atoms with E-state index in [1.807, 2.05) is 60.7 Å². The first-order valence-corrected chi connectivity index (χ1v) is 13.2. The summed E-state index contributed by atoms with van der Waals surface area (Å²) >= 11 is 0. The van der Waals surface area contributed by atoms with Crippen molar-refractivity contribution in [2.24, 2.45) is 0 Å². The van der Waals surface area contributed by atoms with Crippen molar-refractivity contribution >= 4 is 22.7 Å². The van der Waals surface area contributed by atoms with Crippen molar-refractivity contribution in [2.45, 2.75) is 59.8 Å². The molecule has 0 aliphatic carbocycles. The minimum atomic E-state index is 0.822. The van der Waals surface area contributed by atoms with Crippen LogP contribution in [0.2, 0.25) is 0 Å². The van der Waals surface area contributed by atoms with E-state index in [0.29, 0.717) is 0 Å². The van der Waals surface area contributed by atoms with Crippen molar-refractivity contribution in [3.8, 4) is 0 Å². The lowest BCUT2D eigenvalue weighted by molar-refractivity contribution is 1.04. The van der Waals surface area contributed by atoms with Crippen molar-refractivity contribution in [1.29, 1.82) is 0 Å². The first-order valence-electron chi connectivity index (χ1n) is 13.2. The zero-order valence-electron chi connectivity index (χ0n) is 22.9. The number of rotatable bonds is 6. The third-order valence-electron chi connectivity index (χ3n) is 6.35. The van der Waals surface area contributed by atoms with Gasteiger partial charge in [-0.1, -0.05) is 88.4 Å². The molecule has 37 heavy (non-hydrogen) atoms. The van der Waals surface area contributed by atoms with Crippen LogP contribution in [0.15, 0.2) is 84.9 Å². The molecular formula is C33H44N4. The maximum absolute atomic E-state index is 6.26. The molecule has 8 N–H and O–H groups in total. The van der Waals surface area contributed by atoms with Crippen LogP contribution >= 0.6 is 0 Å². The molecule has 4 rings (SSSR count). The fourth-order valence-electron chi connectivity index (χ4n) is 4.22. The molecule has 0 radical (unpaired) electrons. The van der Waals surface area contributed by atoms with Gasteiger partial charge in [-0.2, -0.15) is 0 Å². The van der Waals surface area contributed by atoms with Crippen molar-refractivity contribution in [2.75, 3.05) is 22.9 Å². The second kappa shape index (κ2) is 15.2. The third kappa shape index (κ3) is 9.23. The minimum absolute atomic E-state index is 0.822. The molecule has 0 atom stereocenters. The second-order valence-electron chi connectivity index (χ2n) is 9.07. The molecule has 0 heterocycles. The van der Waals surface area contributed by atoms with Gasteiger partial charge >= 0.3 is 0 Å². The van der Waals surface area contributed by atoms with Gasteiger partial charge in [0, 0.05) is 22.7 Å². The molecule has 0 spiro atoms. The lowest BCUT2D eigenvalue weighted by Gasteiger charge is -2.15. The summed E-state index contributed by atoms with van der Waals surface area (Å²) in [7, 11) is 0. The van der Waals surface area contributed by atoms with Crippen LogP contribution in [0.3, 0.4) is 0 Å². The minimum Gasteiger partial charge on any atom is -0.399 e. The fourth-order valence-corrected chi connectivity index (χ4v) is 4.22. The Labute approximate surface area is 223 Å². The number of nitrogens with two attached hydrogens (primary N) is 4. The predicted molar refractivity (Wildman–Crippen MR) is 164 cm³/mol. The van der Waals surface area contributed by atoms with E-state index in [0.717, 1.165) is 54.9 Å². The third-order valence-corrected chi connectivity index (χ3v) is 6.35. The molecule has 0 bridgehead atoms. The molecular weight excluding hydrogens is 452 g/mol. The standard InChI is InChI=1S/C21H30N2.2C6H7N/c1-5-16-10-14(11-17(6-2)20(16)22)9-15-12-18(7-3)21(23)19(8-4)13-15;2*7-6-4-2-1-3-5-6/h10-13H,5-9,22-23H2,1-4H3;2*1-5H,7H2. The van der Waals surface area contributed by atoms with Gasteiger partial charge in [0.2, 0.25) is 0 Å². The van der Waals surface area contributed by atoms with Crippen LogP contribution in [-0.4, -0.2) is 0 Å². The van der Waals surface area contributed by atoms with Gasteiger partial charge in [0.05, 0.1) is 0 Å². The molecule has 4 aromatic rings. The molecule has 0 aromatic heterocycles. The summed E-state index contributed by atoms with van der Waals surface area (Å²) in [5.41, 5.74) is 34.6. The van der Waals surface area contributed by atoms with Crippen LogP contribution in [0.5, 0.6) is 0 Å². The molecule has 0 amide bonds. The Balaban J connectivity index is 0.000000276. The zero-order valence-corrected chi connectivity index (χ0v) is 22.9. The number of benzene rings is 4. The van der Waals surface area contributed by atoms with E-state index in [9.17, 15) is 0 Å². The van der Waals surface area contributed by atoms with Crippen LogP contribution in [0.25, 0.3) is 0 Å². The number of hydrogen-bond acceptors (Lipinski definition) is 4. The smallest absolute Gasteiger partial charge is 0.0379 e. The molecule has 196 valence electrons. The SMILES string of the molecule is CCc1cc(Cc2cc(CC)c(N)c(CC)c2)cc(CC)c1N.Nc1ccccc1.Nc1ccccc1. The largest absolute Gasteiger partial charge is 0.399 e. The summed E-state index contributed by atoms with van der Waals surface area (Å²) in [6.45, 7) is 8.68. The lowest BCUT2D eigenvalue weighted by atomic mass is 9.93. The summed E-state index contributed by atoms with van der Waals surface area (Å²) in [6.07, 6.45) is 4.87. The van der Waals surface area contributed by atoms with Gasteiger partial charge in [-0.3, -0.25) is 0 Å². The van der Waals surface area contributed by atoms with Crippen LogP contribution in [0.4, 0.5) is 22.7 Å². The Morgan fingerprint density at radius 2 is 0.703 bits per heavy atom. The number of anilines is 4. The highest BCUT2D eigenvalue weighted by atomic mass is 14.6. The summed E-state index contributed by atoms with van der Waals surface area (Å²) < 4.78 is 0. The average molecular weight is 497 g/mol. The van der Waals surface area contributed by atoms with E-state index >= 15 is 0 Å². The van der Waals surface area contributed by atoms with Gasteiger partial charge in [-0.05, 0) is 89.8 Å². The Morgan fingerprint density at radius 3 is 0.892 bits per heavy atom. The fraction of sp³-hybridized carbons (Fsp3) is 0.273. The van der Waals surface area contributed by atoms with Crippen molar-refractivity contribution < 1.29 is 0 Å². The normalized spacial score (nSPS) is 10.1. The van der Waals surface area contributed by atoms with E-state index in [1.165, 1.54) is 33.4 Å². The summed E-state index contributed by atoms with van der Waals surface area (Å²) in [6, 6.07) is 28.0. The molecule has 4 aromatic carbocycles. The first kappa shape index (κ1) is 29.3. The van der Waals surface area contributed by atoms with Crippen molar-refractivity contribution in [3.05, 3.63) is 118 Å². The Bertz CT molecular complexity index is 1070. The summed E-state index contributed by atoms with van der Waals surface area (Å²) in [5, 5.41) is 0. The van der Waals surface area contributed by atoms with E-state index in [-0.39, 0.29) is 0 Å². The highest BCUT2D eigenvalue weighted by Gasteiger charge is 2.10. The van der Waals surface area contributed by atoms with Gasteiger partial charge < -0.3 is 22.9 Å². The molecule has 0 aliphatic rings. The van der Waals surface area contributed by atoms with E-state index < -0.39 is 0 Å². The van der Waals surface area contributed by atoms with Crippen molar-refractivity contribution in [3.63, 3.8) is 0 Å². The zero-order chi connectivity index (χ0) is 27.2. The average Bonchev–Trinajstić information content (AvgIpc) is 2.92. The van der Waals surface area contributed by atoms with Crippen molar-refractivity contribution in [1.82, 2.24) is 0 Å². The van der Waals surface area contributed by atoms with Gasteiger partial charge in [0.25, 0.3) is 0 Å². The number of nitrogen functional groups attached to an aromatic ring is 4. The topological polar surface area (TPSA) is 104 Å². The highest BCUT2D eigenvalue weighted by Crippen LogP contribution is 2.26. The van der Waals surface area contributed by atoms with Gasteiger partial charge in [0.15, 0.2) is 0 Å². The quantitative estimate of drug-likeness (QED) is 0.211. The van der Waals surface area contributed by atoms with Gasteiger partial charge in [-0.25, -0.2) is 0 Å². The van der Waals surface area contributed by atoms with Crippen LogP contribution in [0, 0.1) is 0 Å². The maximum atomic E-state index is 6.26. The Morgan fingerprint density at radius 1 is 0.432 bits per heavy atom. The molecule has 0 saturated carbocycles. The molecule has 0 unspecified atom stereocenters. The summed E-state index contributed by atoms with van der Waals surface area (Å²) in [5.74, 6) is 0. The number of hydrogen-bond donors (Lipinski definition) is 4. The van der Waals surface area contributed by atoms with Crippen LogP contribution in [-0.2, 0) is 32.1 Å². The first-order chi connectivity index (χ1) is 17.8. The predicted octanol–water partition coefficient (Wildman–Crippen LogP) is 7.23. The molecule has 0 fully saturated rings. The number of para-hydroxylation sites is 2. The Kier molecular flexibility index (Phi) is 12.1. The highest BCUT2D eigenvalue weighted by molar-refractivity contribution is 5.58. The molecule has 4 heteroatoms.